The fraction of sp³-hybridized carbons (Fsp3) is 0.133. The lowest BCUT2D eigenvalue weighted by Crippen LogP contribution is -2.16. The lowest BCUT2D eigenvalue weighted by molar-refractivity contribution is -0.387. The molecule has 0 saturated carbocycles. The summed E-state index contributed by atoms with van der Waals surface area (Å²) in [5.41, 5.74) is 0.148. The minimum Gasteiger partial charge on any atom is -0.465 e. The third-order valence-electron chi connectivity index (χ3n) is 3.33. The lowest BCUT2D eigenvalue weighted by Gasteiger charge is -2.13. The van der Waals surface area contributed by atoms with Crippen LogP contribution >= 0.6 is 0 Å². The number of benzene rings is 2. The van der Waals surface area contributed by atoms with Gasteiger partial charge in [0.1, 0.15) is 0 Å². The molecule has 0 unspecified atom stereocenters. The smallest absolute Gasteiger partial charge is 0.338 e. The summed E-state index contributed by atoms with van der Waals surface area (Å²) in [6.45, 7) is 1.55. The first-order valence-corrected chi connectivity index (χ1v) is 8.20. The molecule has 0 aliphatic heterocycles. The van der Waals surface area contributed by atoms with Crippen molar-refractivity contribution < 1.29 is 22.9 Å². The third-order valence-corrected chi connectivity index (χ3v) is 4.75. The molecule has 2 rings (SSSR count). The van der Waals surface area contributed by atoms with Crippen LogP contribution < -0.4 is 4.72 Å². The van der Waals surface area contributed by atoms with Gasteiger partial charge in [-0.2, -0.15) is 0 Å². The Morgan fingerprint density at radius 3 is 2.46 bits per heavy atom. The van der Waals surface area contributed by atoms with E-state index in [-0.39, 0.29) is 11.3 Å². The van der Waals surface area contributed by atoms with Gasteiger partial charge in [0, 0.05) is 6.07 Å². The predicted molar refractivity (Wildman–Crippen MR) is 86.4 cm³/mol. The van der Waals surface area contributed by atoms with Crippen molar-refractivity contribution in [3.8, 4) is 0 Å². The second-order valence-corrected chi connectivity index (χ2v) is 6.45. The highest BCUT2D eigenvalue weighted by Gasteiger charge is 2.26. The molecule has 1 N–H and O–H groups in total. The Balaban J connectivity index is 2.48. The molecule has 0 saturated heterocycles. The van der Waals surface area contributed by atoms with E-state index in [1.54, 1.807) is 6.92 Å². The molecule has 0 fully saturated rings. The maximum atomic E-state index is 12.5. The number of carbonyl (C=O) groups excluding carboxylic acids is 1. The number of carbonyl (C=O) groups is 1. The minimum absolute atomic E-state index is 0.135. The number of ether oxygens (including phenoxy) is 1. The summed E-state index contributed by atoms with van der Waals surface area (Å²) in [5, 5.41) is 11.0. The average Bonchev–Trinajstić information content (AvgIpc) is 2.56. The number of sulfonamides is 1. The minimum atomic E-state index is -4.20. The summed E-state index contributed by atoms with van der Waals surface area (Å²) >= 11 is 0. The molecule has 0 heterocycles. The Bertz CT molecular complexity index is 908. The zero-order chi connectivity index (χ0) is 17.9. The van der Waals surface area contributed by atoms with Crippen molar-refractivity contribution in [3.05, 3.63) is 63.7 Å². The second-order valence-electron chi connectivity index (χ2n) is 4.80. The van der Waals surface area contributed by atoms with Crippen molar-refractivity contribution in [2.24, 2.45) is 0 Å². The predicted octanol–water partition coefficient (Wildman–Crippen LogP) is 2.49. The molecule has 0 aliphatic rings. The first-order chi connectivity index (χ1) is 11.3. The van der Waals surface area contributed by atoms with Crippen LogP contribution in [0, 0.1) is 17.0 Å². The number of nitrogens with one attached hydrogen (secondary N) is 1. The van der Waals surface area contributed by atoms with Gasteiger partial charge in [-0.3, -0.25) is 14.8 Å². The third kappa shape index (κ3) is 3.35. The molecule has 126 valence electrons. The monoisotopic (exact) mass is 350 g/mol. The van der Waals surface area contributed by atoms with E-state index in [0.717, 1.165) is 12.1 Å². The van der Waals surface area contributed by atoms with Gasteiger partial charge in [-0.15, -0.1) is 0 Å². The van der Waals surface area contributed by atoms with E-state index in [0.29, 0.717) is 5.56 Å². The number of esters is 1. The van der Waals surface area contributed by atoms with Gasteiger partial charge in [-0.1, -0.05) is 18.2 Å². The second kappa shape index (κ2) is 6.67. The van der Waals surface area contributed by atoms with Crippen LogP contribution in [0.3, 0.4) is 0 Å². The van der Waals surface area contributed by atoms with Crippen molar-refractivity contribution in [1.82, 2.24) is 0 Å². The Morgan fingerprint density at radius 2 is 1.83 bits per heavy atom. The van der Waals surface area contributed by atoms with Crippen LogP contribution in [-0.4, -0.2) is 26.4 Å². The number of rotatable bonds is 5. The number of nitro benzene ring substituents is 1. The van der Waals surface area contributed by atoms with Gasteiger partial charge in [0.15, 0.2) is 4.90 Å². The molecule has 0 aliphatic carbocycles. The number of hydrogen-bond acceptors (Lipinski definition) is 6. The van der Waals surface area contributed by atoms with Gasteiger partial charge < -0.3 is 4.74 Å². The van der Waals surface area contributed by atoms with E-state index in [4.69, 9.17) is 0 Å². The van der Waals surface area contributed by atoms with E-state index in [1.165, 1.54) is 37.4 Å². The standard InChI is InChI=1S/C15H14N2O6S/c1-10-11(15(18)23-2)6-5-7-12(10)16-24(21,22)14-9-4-3-8-13(14)17(19)20/h3-9,16H,1-2H3. The van der Waals surface area contributed by atoms with Crippen LogP contribution in [0.1, 0.15) is 15.9 Å². The van der Waals surface area contributed by atoms with E-state index in [9.17, 15) is 23.3 Å². The molecule has 0 radical (unpaired) electrons. The fourth-order valence-electron chi connectivity index (χ4n) is 2.11. The van der Waals surface area contributed by atoms with Gasteiger partial charge in [0.05, 0.1) is 23.3 Å². The first kappa shape index (κ1) is 17.4. The van der Waals surface area contributed by atoms with Gasteiger partial charge in [0.25, 0.3) is 15.7 Å². The van der Waals surface area contributed by atoms with Gasteiger partial charge >= 0.3 is 5.97 Å². The van der Waals surface area contributed by atoms with Gasteiger partial charge in [0.2, 0.25) is 0 Å². The zero-order valence-electron chi connectivity index (χ0n) is 12.8. The highest BCUT2D eigenvalue weighted by atomic mass is 32.2. The van der Waals surface area contributed by atoms with Crippen LogP contribution in [-0.2, 0) is 14.8 Å². The molecule has 9 heteroatoms. The van der Waals surface area contributed by atoms with Crippen molar-refractivity contribution in [3.63, 3.8) is 0 Å². The fourth-order valence-corrected chi connectivity index (χ4v) is 3.41. The molecule has 2 aromatic rings. The number of para-hydroxylation sites is 1. The molecule has 0 atom stereocenters. The maximum Gasteiger partial charge on any atom is 0.338 e. The molecule has 0 aromatic heterocycles. The average molecular weight is 350 g/mol. The molecule has 8 nitrogen and oxygen atoms in total. The summed E-state index contributed by atoms with van der Waals surface area (Å²) in [6.07, 6.45) is 0. The molecular formula is C15H14N2O6S. The van der Waals surface area contributed by atoms with Crippen molar-refractivity contribution in [2.75, 3.05) is 11.8 Å². The largest absolute Gasteiger partial charge is 0.465 e. The molecule has 24 heavy (non-hydrogen) atoms. The topological polar surface area (TPSA) is 116 Å². The van der Waals surface area contributed by atoms with Crippen LogP contribution in [0.2, 0.25) is 0 Å². The zero-order valence-corrected chi connectivity index (χ0v) is 13.7. The summed E-state index contributed by atoms with van der Waals surface area (Å²) in [7, 11) is -2.99. The maximum absolute atomic E-state index is 12.5. The van der Waals surface area contributed by atoms with Crippen LogP contribution in [0.25, 0.3) is 0 Å². The van der Waals surface area contributed by atoms with Crippen molar-refractivity contribution in [2.45, 2.75) is 11.8 Å². The highest BCUT2D eigenvalue weighted by Crippen LogP contribution is 2.27. The Kier molecular flexibility index (Phi) is 4.84. The van der Waals surface area contributed by atoms with Gasteiger partial charge in [-0.05, 0) is 30.7 Å². The summed E-state index contributed by atoms with van der Waals surface area (Å²) in [6, 6.07) is 9.43. The number of nitrogens with zero attached hydrogens (tertiary/aromatic N) is 1. The summed E-state index contributed by atoms with van der Waals surface area (Å²) < 4.78 is 31.9. The van der Waals surface area contributed by atoms with Gasteiger partial charge in [-0.25, -0.2) is 13.2 Å². The first-order valence-electron chi connectivity index (χ1n) is 6.72. The SMILES string of the molecule is COC(=O)c1cccc(NS(=O)(=O)c2ccccc2[N+](=O)[O-])c1C. The summed E-state index contributed by atoms with van der Waals surface area (Å²) in [5.74, 6) is -0.612. The van der Waals surface area contributed by atoms with E-state index < -0.39 is 31.5 Å². The Labute approximate surface area is 138 Å². The summed E-state index contributed by atoms with van der Waals surface area (Å²) in [4.78, 5) is 21.5. The number of hydrogen-bond donors (Lipinski definition) is 1. The number of anilines is 1. The number of methoxy groups -OCH3 is 1. The molecule has 0 spiro atoms. The van der Waals surface area contributed by atoms with Crippen LogP contribution in [0.15, 0.2) is 47.4 Å². The lowest BCUT2D eigenvalue weighted by atomic mass is 10.1. The van der Waals surface area contributed by atoms with E-state index in [1.807, 2.05) is 0 Å². The number of nitro groups is 1. The molecule has 0 amide bonds. The highest BCUT2D eigenvalue weighted by molar-refractivity contribution is 7.92. The Morgan fingerprint density at radius 1 is 1.17 bits per heavy atom. The van der Waals surface area contributed by atoms with Crippen molar-refractivity contribution in [1.29, 1.82) is 0 Å². The van der Waals surface area contributed by atoms with Crippen molar-refractivity contribution >= 4 is 27.4 Å². The molecular weight excluding hydrogens is 336 g/mol. The normalized spacial score (nSPS) is 10.9. The van der Waals surface area contributed by atoms with Crippen LogP contribution in [0.5, 0.6) is 0 Å². The van der Waals surface area contributed by atoms with E-state index >= 15 is 0 Å². The Hall–Kier alpha value is -2.94. The van der Waals surface area contributed by atoms with E-state index in [2.05, 4.69) is 9.46 Å². The quantitative estimate of drug-likeness (QED) is 0.503. The molecule has 0 bridgehead atoms. The van der Waals surface area contributed by atoms with Crippen LogP contribution in [0.4, 0.5) is 11.4 Å². The molecule has 2 aromatic carbocycles.